The maximum atomic E-state index is 8.66. The molecule has 0 unspecified atom stereocenters. The molecule has 0 aliphatic rings. The SMILES string of the molecule is CCCNCc1c(OCC#N)ccc2ccccc12. The molecule has 19 heavy (non-hydrogen) atoms. The van der Waals surface area contributed by atoms with Gasteiger partial charge in [0.25, 0.3) is 0 Å². The zero-order chi connectivity index (χ0) is 13.5. The number of hydrogen-bond donors (Lipinski definition) is 1. The molecule has 2 rings (SSSR count). The summed E-state index contributed by atoms with van der Waals surface area (Å²) in [4.78, 5) is 0. The Hall–Kier alpha value is -2.05. The zero-order valence-electron chi connectivity index (χ0n) is 11.1. The minimum absolute atomic E-state index is 0.0825. The van der Waals surface area contributed by atoms with Crippen LogP contribution in [0.1, 0.15) is 18.9 Å². The van der Waals surface area contributed by atoms with Crippen molar-refractivity contribution in [2.24, 2.45) is 0 Å². The maximum absolute atomic E-state index is 8.66. The second kappa shape index (κ2) is 6.77. The van der Waals surface area contributed by atoms with Crippen molar-refractivity contribution in [2.75, 3.05) is 13.2 Å². The van der Waals surface area contributed by atoms with Crippen LogP contribution in [0.5, 0.6) is 5.75 Å². The number of hydrogen-bond acceptors (Lipinski definition) is 3. The third-order valence-electron chi connectivity index (χ3n) is 3.02. The van der Waals surface area contributed by atoms with Crippen molar-refractivity contribution >= 4 is 10.8 Å². The standard InChI is InChI=1S/C16H18N2O/c1-2-10-18-12-15-14-6-4-3-5-13(14)7-8-16(15)19-11-9-17/h3-8,18H,2,10-12H2,1H3. The van der Waals surface area contributed by atoms with Crippen molar-refractivity contribution in [1.29, 1.82) is 5.26 Å². The van der Waals surface area contributed by atoms with E-state index in [4.69, 9.17) is 10.00 Å². The Balaban J connectivity index is 2.36. The smallest absolute Gasteiger partial charge is 0.174 e. The summed E-state index contributed by atoms with van der Waals surface area (Å²) in [6.07, 6.45) is 1.10. The molecule has 0 aromatic heterocycles. The van der Waals surface area contributed by atoms with Gasteiger partial charge < -0.3 is 10.1 Å². The summed E-state index contributed by atoms with van der Waals surface area (Å²) in [6, 6.07) is 14.2. The quantitative estimate of drug-likeness (QED) is 0.805. The lowest BCUT2D eigenvalue weighted by molar-refractivity contribution is 0.363. The van der Waals surface area contributed by atoms with Gasteiger partial charge in [0.1, 0.15) is 11.8 Å². The number of nitrogens with one attached hydrogen (secondary N) is 1. The second-order valence-electron chi connectivity index (χ2n) is 4.39. The Bertz CT molecular complexity index is 587. The summed E-state index contributed by atoms with van der Waals surface area (Å²) in [5.74, 6) is 0.795. The third kappa shape index (κ3) is 3.24. The summed E-state index contributed by atoms with van der Waals surface area (Å²) in [7, 11) is 0. The van der Waals surface area contributed by atoms with Gasteiger partial charge in [0.2, 0.25) is 0 Å². The fourth-order valence-electron chi connectivity index (χ4n) is 2.13. The normalized spacial score (nSPS) is 10.3. The molecule has 0 bridgehead atoms. The van der Waals surface area contributed by atoms with E-state index < -0.39 is 0 Å². The number of nitrogens with zero attached hydrogens (tertiary/aromatic N) is 1. The van der Waals surface area contributed by atoms with Crippen molar-refractivity contribution < 1.29 is 4.74 Å². The van der Waals surface area contributed by atoms with Crippen LogP contribution in [-0.4, -0.2) is 13.2 Å². The molecule has 3 nitrogen and oxygen atoms in total. The molecule has 0 radical (unpaired) electrons. The van der Waals surface area contributed by atoms with Crippen molar-refractivity contribution in [2.45, 2.75) is 19.9 Å². The van der Waals surface area contributed by atoms with E-state index >= 15 is 0 Å². The maximum Gasteiger partial charge on any atom is 0.174 e. The van der Waals surface area contributed by atoms with E-state index in [2.05, 4.69) is 24.4 Å². The summed E-state index contributed by atoms with van der Waals surface area (Å²) in [5, 5.41) is 14.4. The molecule has 1 N–H and O–H groups in total. The van der Waals surface area contributed by atoms with Crippen LogP contribution < -0.4 is 10.1 Å². The number of rotatable bonds is 6. The number of ether oxygens (including phenoxy) is 1. The topological polar surface area (TPSA) is 45.0 Å². The number of fused-ring (bicyclic) bond motifs is 1. The Kier molecular flexibility index (Phi) is 4.77. The van der Waals surface area contributed by atoms with Crippen LogP contribution >= 0.6 is 0 Å². The molecule has 2 aromatic carbocycles. The highest BCUT2D eigenvalue weighted by Gasteiger charge is 2.08. The fourth-order valence-corrected chi connectivity index (χ4v) is 2.13. The summed E-state index contributed by atoms with van der Waals surface area (Å²) >= 11 is 0. The Morgan fingerprint density at radius 3 is 2.84 bits per heavy atom. The molecule has 0 fully saturated rings. The lowest BCUT2D eigenvalue weighted by atomic mass is 10.0. The van der Waals surface area contributed by atoms with Gasteiger partial charge in [-0.05, 0) is 29.8 Å². The van der Waals surface area contributed by atoms with Crippen molar-refractivity contribution in [3.8, 4) is 11.8 Å². The van der Waals surface area contributed by atoms with Gasteiger partial charge in [0, 0.05) is 12.1 Å². The summed E-state index contributed by atoms with van der Waals surface area (Å²) in [6.45, 7) is 3.96. The Morgan fingerprint density at radius 1 is 1.21 bits per heavy atom. The lowest BCUT2D eigenvalue weighted by Crippen LogP contribution is -2.15. The van der Waals surface area contributed by atoms with Crippen LogP contribution in [0.2, 0.25) is 0 Å². The molecule has 0 spiro atoms. The molecular formula is C16H18N2O. The molecule has 98 valence electrons. The molecule has 0 amide bonds. The lowest BCUT2D eigenvalue weighted by Gasteiger charge is -2.13. The molecule has 0 aliphatic heterocycles. The van der Waals surface area contributed by atoms with Crippen molar-refractivity contribution in [3.63, 3.8) is 0 Å². The Labute approximate surface area is 113 Å². The van der Waals surface area contributed by atoms with Crippen molar-refractivity contribution in [1.82, 2.24) is 5.32 Å². The first-order valence-corrected chi connectivity index (χ1v) is 6.58. The second-order valence-corrected chi connectivity index (χ2v) is 4.39. The van der Waals surface area contributed by atoms with Crippen LogP contribution in [-0.2, 0) is 6.54 Å². The van der Waals surface area contributed by atoms with Gasteiger partial charge in [-0.2, -0.15) is 5.26 Å². The predicted octanol–water partition coefficient (Wildman–Crippen LogP) is 3.24. The van der Waals surface area contributed by atoms with E-state index in [0.29, 0.717) is 0 Å². The molecule has 0 heterocycles. The molecule has 3 heteroatoms. The molecule has 0 atom stereocenters. The van der Waals surface area contributed by atoms with Gasteiger partial charge in [-0.3, -0.25) is 0 Å². The zero-order valence-corrected chi connectivity index (χ0v) is 11.1. The van der Waals surface area contributed by atoms with E-state index in [-0.39, 0.29) is 6.61 Å². The van der Waals surface area contributed by atoms with E-state index in [1.165, 1.54) is 10.8 Å². The van der Waals surface area contributed by atoms with Crippen LogP contribution in [0.25, 0.3) is 10.8 Å². The largest absolute Gasteiger partial charge is 0.478 e. The van der Waals surface area contributed by atoms with E-state index in [1.807, 2.05) is 30.3 Å². The Morgan fingerprint density at radius 2 is 2.05 bits per heavy atom. The summed E-state index contributed by atoms with van der Waals surface area (Å²) in [5.41, 5.74) is 1.13. The van der Waals surface area contributed by atoms with Gasteiger partial charge >= 0.3 is 0 Å². The highest BCUT2D eigenvalue weighted by Crippen LogP contribution is 2.28. The molecule has 2 aromatic rings. The van der Waals surface area contributed by atoms with E-state index in [0.717, 1.165) is 30.8 Å². The van der Waals surface area contributed by atoms with Gasteiger partial charge in [0.15, 0.2) is 6.61 Å². The molecule has 0 aliphatic carbocycles. The number of benzene rings is 2. The minimum Gasteiger partial charge on any atom is -0.478 e. The molecular weight excluding hydrogens is 236 g/mol. The van der Waals surface area contributed by atoms with Crippen molar-refractivity contribution in [3.05, 3.63) is 42.0 Å². The summed E-state index contributed by atoms with van der Waals surface area (Å²) < 4.78 is 5.52. The molecule has 0 saturated carbocycles. The third-order valence-corrected chi connectivity index (χ3v) is 3.02. The average Bonchev–Trinajstić information content (AvgIpc) is 2.46. The first kappa shape index (κ1) is 13.4. The monoisotopic (exact) mass is 254 g/mol. The highest BCUT2D eigenvalue weighted by molar-refractivity contribution is 5.87. The van der Waals surface area contributed by atoms with Crippen LogP contribution in [0.15, 0.2) is 36.4 Å². The van der Waals surface area contributed by atoms with Gasteiger partial charge in [-0.1, -0.05) is 37.3 Å². The highest BCUT2D eigenvalue weighted by atomic mass is 16.5. The van der Waals surface area contributed by atoms with Crippen LogP contribution in [0.4, 0.5) is 0 Å². The van der Waals surface area contributed by atoms with Crippen LogP contribution in [0.3, 0.4) is 0 Å². The number of nitriles is 1. The van der Waals surface area contributed by atoms with E-state index in [1.54, 1.807) is 0 Å². The first-order chi connectivity index (χ1) is 9.36. The van der Waals surface area contributed by atoms with Gasteiger partial charge in [-0.15, -0.1) is 0 Å². The molecule has 0 saturated heterocycles. The van der Waals surface area contributed by atoms with Gasteiger partial charge in [0.05, 0.1) is 0 Å². The van der Waals surface area contributed by atoms with Gasteiger partial charge in [-0.25, -0.2) is 0 Å². The van der Waals surface area contributed by atoms with Crippen LogP contribution in [0, 0.1) is 11.3 Å². The fraction of sp³-hybridized carbons (Fsp3) is 0.312. The first-order valence-electron chi connectivity index (χ1n) is 6.58. The minimum atomic E-state index is 0.0825. The van der Waals surface area contributed by atoms with E-state index in [9.17, 15) is 0 Å². The predicted molar refractivity (Wildman–Crippen MR) is 77.1 cm³/mol. The average molecular weight is 254 g/mol.